The van der Waals surface area contributed by atoms with Crippen molar-refractivity contribution < 1.29 is 4.79 Å². The molecule has 1 aliphatic rings. The third-order valence-electron chi connectivity index (χ3n) is 3.68. The number of halogens is 1. The van der Waals surface area contributed by atoms with Crippen LogP contribution in [0.25, 0.3) is 11.1 Å². The fourth-order valence-corrected chi connectivity index (χ4v) is 2.68. The summed E-state index contributed by atoms with van der Waals surface area (Å²) in [5, 5.41) is 6.90. The molecule has 1 unspecified atom stereocenters. The van der Waals surface area contributed by atoms with E-state index in [0.29, 0.717) is 0 Å². The van der Waals surface area contributed by atoms with Gasteiger partial charge in [0.15, 0.2) is 0 Å². The Labute approximate surface area is 129 Å². The highest BCUT2D eigenvalue weighted by atomic mass is 35.5. The van der Waals surface area contributed by atoms with Crippen molar-refractivity contribution in [2.45, 2.75) is 18.9 Å². The van der Waals surface area contributed by atoms with Gasteiger partial charge in [0.2, 0.25) is 5.91 Å². The van der Waals surface area contributed by atoms with Crippen molar-refractivity contribution in [1.29, 1.82) is 0 Å². The van der Waals surface area contributed by atoms with Crippen LogP contribution in [0.2, 0.25) is 5.02 Å². The quantitative estimate of drug-likeness (QED) is 0.907. The van der Waals surface area contributed by atoms with Crippen molar-refractivity contribution in [2.24, 2.45) is 0 Å². The van der Waals surface area contributed by atoms with E-state index in [1.165, 1.54) is 0 Å². The van der Waals surface area contributed by atoms with Gasteiger partial charge in [-0.25, -0.2) is 0 Å². The predicted octanol–water partition coefficient (Wildman–Crippen LogP) is 3.70. The van der Waals surface area contributed by atoms with Crippen molar-refractivity contribution in [3.05, 3.63) is 53.6 Å². The summed E-state index contributed by atoms with van der Waals surface area (Å²) in [6.45, 7) is 0.920. The molecule has 21 heavy (non-hydrogen) atoms. The first kappa shape index (κ1) is 14.1. The van der Waals surface area contributed by atoms with Crippen molar-refractivity contribution in [3.63, 3.8) is 0 Å². The zero-order chi connectivity index (χ0) is 14.7. The van der Waals surface area contributed by atoms with Crippen LogP contribution in [0.1, 0.15) is 12.8 Å². The van der Waals surface area contributed by atoms with Gasteiger partial charge in [0.05, 0.1) is 6.04 Å². The summed E-state index contributed by atoms with van der Waals surface area (Å²) in [5.41, 5.74) is 2.96. The molecule has 0 radical (unpaired) electrons. The van der Waals surface area contributed by atoms with E-state index in [9.17, 15) is 4.79 Å². The number of benzene rings is 2. The first-order chi connectivity index (χ1) is 10.2. The van der Waals surface area contributed by atoms with Crippen LogP contribution in [-0.2, 0) is 4.79 Å². The Bertz CT molecular complexity index is 633. The van der Waals surface area contributed by atoms with E-state index < -0.39 is 0 Å². The molecular weight excluding hydrogens is 284 g/mol. The molecule has 2 aromatic carbocycles. The van der Waals surface area contributed by atoms with E-state index in [-0.39, 0.29) is 11.9 Å². The van der Waals surface area contributed by atoms with Crippen molar-refractivity contribution in [2.75, 3.05) is 11.9 Å². The molecule has 1 atom stereocenters. The lowest BCUT2D eigenvalue weighted by molar-refractivity contribution is -0.117. The normalized spacial score (nSPS) is 17.7. The summed E-state index contributed by atoms with van der Waals surface area (Å²) in [6, 6.07) is 15.5. The number of anilines is 1. The van der Waals surface area contributed by atoms with E-state index in [1.54, 1.807) is 0 Å². The molecule has 4 heteroatoms. The molecule has 0 aliphatic carbocycles. The number of nitrogens with one attached hydrogen (secondary N) is 2. The fraction of sp³-hybridized carbons (Fsp3) is 0.235. The van der Waals surface area contributed by atoms with Gasteiger partial charge < -0.3 is 10.6 Å². The highest BCUT2D eigenvalue weighted by Crippen LogP contribution is 2.24. The van der Waals surface area contributed by atoms with Gasteiger partial charge in [-0.1, -0.05) is 35.9 Å². The highest BCUT2D eigenvalue weighted by molar-refractivity contribution is 6.30. The van der Waals surface area contributed by atoms with E-state index in [4.69, 9.17) is 11.6 Å². The van der Waals surface area contributed by atoms with Gasteiger partial charge in [-0.15, -0.1) is 0 Å². The minimum Gasteiger partial charge on any atom is -0.325 e. The Hall–Kier alpha value is -1.84. The fourth-order valence-electron chi connectivity index (χ4n) is 2.56. The Morgan fingerprint density at radius 2 is 1.95 bits per heavy atom. The monoisotopic (exact) mass is 300 g/mol. The minimum absolute atomic E-state index is 0.0424. The minimum atomic E-state index is -0.0656. The van der Waals surface area contributed by atoms with Crippen molar-refractivity contribution >= 4 is 23.2 Å². The summed E-state index contributed by atoms with van der Waals surface area (Å²) >= 11 is 5.91. The topological polar surface area (TPSA) is 41.1 Å². The average Bonchev–Trinajstić information content (AvgIpc) is 3.02. The SMILES string of the molecule is O=C(Nc1cccc(-c2ccc(Cl)cc2)c1)C1CCCN1. The Kier molecular flexibility index (Phi) is 4.23. The van der Waals surface area contributed by atoms with Gasteiger partial charge in [-0.2, -0.15) is 0 Å². The molecule has 1 heterocycles. The van der Waals surface area contributed by atoms with E-state index in [0.717, 1.165) is 41.2 Å². The lowest BCUT2D eigenvalue weighted by Crippen LogP contribution is -2.35. The van der Waals surface area contributed by atoms with Crippen LogP contribution < -0.4 is 10.6 Å². The maximum Gasteiger partial charge on any atom is 0.241 e. The van der Waals surface area contributed by atoms with E-state index >= 15 is 0 Å². The standard InChI is InChI=1S/C17H17ClN2O/c18-14-8-6-12(7-9-14)13-3-1-4-15(11-13)20-17(21)16-5-2-10-19-16/h1,3-4,6-9,11,16,19H,2,5,10H2,(H,20,21). The Morgan fingerprint density at radius 1 is 1.14 bits per heavy atom. The van der Waals surface area contributed by atoms with Crippen LogP contribution in [-0.4, -0.2) is 18.5 Å². The van der Waals surface area contributed by atoms with Crippen LogP contribution in [0, 0.1) is 0 Å². The molecule has 0 saturated carbocycles. The number of rotatable bonds is 3. The Morgan fingerprint density at radius 3 is 2.67 bits per heavy atom. The summed E-state index contributed by atoms with van der Waals surface area (Å²) in [6.07, 6.45) is 1.96. The molecule has 108 valence electrons. The van der Waals surface area contributed by atoms with Gasteiger partial charge in [0, 0.05) is 10.7 Å². The molecule has 2 N–H and O–H groups in total. The average molecular weight is 301 g/mol. The van der Waals surface area contributed by atoms with Crippen LogP contribution >= 0.6 is 11.6 Å². The molecule has 3 nitrogen and oxygen atoms in total. The molecule has 2 aromatic rings. The van der Waals surface area contributed by atoms with Gasteiger partial charge in [-0.3, -0.25) is 4.79 Å². The third kappa shape index (κ3) is 3.43. The highest BCUT2D eigenvalue weighted by Gasteiger charge is 2.21. The van der Waals surface area contributed by atoms with Crippen LogP contribution in [0.4, 0.5) is 5.69 Å². The summed E-state index contributed by atoms with van der Waals surface area (Å²) < 4.78 is 0. The molecule has 0 spiro atoms. The van der Waals surface area contributed by atoms with Crippen LogP contribution in [0.15, 0.2) is 48.5 Å². The largest absolute Gasteiger partial charge is 0.325 e. The second kappa shape index (κ2) is 6.29. The molecule has 1 aliphatic heterocycles. The number of hydrogen-bond donors (Lipinski definition) is 2. The van der Waals surface area contributed by atoms with Gasteiger partial charge in [0.1, 0.15) is 0 Å². The maximum absolute atomic E-state index is 12.1. The number of carbonyl (C=O) groups is 1. The Balaban J connectivity index is 1.76. The zero-order valence-electron chi connectivity index (χ0n) is 11.6. The number of amides is 1. The molecule has 0 aromatic heterocycles. The molecule has 1 amide bonds. The zero-order valence-corrected chi connectivity index (χ0v) is 12.4. The summed E-state index contributed by atoms with van der Waals surface area (Å²) in [4.78, 5) is 12.1. The van der Waals surface area contributed by atoms with Crippen molar-refractivity contribution in [1.82, 2.24) is 5.32 Å². The second-order valence-electron chi connectivity index (χ2n) is 5.23. The molecular formula is C17H17ClN2O. The first-order valence-corrected chi connectivity index (χ1v) is 7.50. The van der Waals surface area contributed by atoms with Crippen LogP contribution in [0.5, 0.6) is 0 Å². The number of carbonyl (C=O) groups excluding carboxylic acids is 1. The lowest BCUT2D eigenvalue weighted by Gasteiger charge is -2.12. The van der Waals surface area contributed by atoms with Crippen molar-refractivity contribution in [3.8, 4) is 11.1 Å². The molecule has 1 fully saturated rings. The number of hydrogen-bond acceptors (Lipinski definition) is 2. The van der Waals surface area contributed by atoms with Gasteiger partial charge in [0.25, 0.3) is 0 Å². The lowest BCUT2D eigenvalue weighted by atomic mass is 10.1. The smallest absolute Gasteiger partial charge is 0.241 e. The third-order valence-corrected chi connectivity index (χ3v) is 3.94. The van der Waals surface area contributed by atoms with Crippen LogP contribution in [0.3, 0.4) is 0 Å². The second-order valence-corrected chi connectivity index (χ2v) is 5.66. The first-order valence-electron chi connectivity index (χ1n) is 7.12. The molecule has 3 rings (SSSR count). The van der Waals surface area contributed by atoms with E-state index in [1.807, 2.05) is 48.5 Å². The molecule has 0 bridgehead atoms. The summed E-state index contributed by atoms with van der Waals surface area (Å²) in [5.74, 6) is 0.0424. The van der Waals surface area contributed by atoms with Gasteiger partial charge in [-0.05, 0) is 54.8 Å². The predicted molar refractivity (Wildman–Crippen MR) is 86.5 cm³/mol. The van der Waals surface area contributed by atoms with E-state index in [2.05, 4.69) is 10.6 Å². The molecule has 1 saturated heterocycles. The maximum atomic E-state index is 12.1. The summed E-state index contributed by atoms with van der Waals surface area (Å²) in [7, 11) is 0. The van der Waals surface area contributed by atoms with Gasteiger partial charge >= 0.3 is 0 Å².